The number of carbonyl (C=O) groups is 1. The molecule has 0 aliphatic carbocycles. The van der Waals surface area contributed by atoms with E-state index in [0.717, 1.165) is 5.56 Å². The Morgan fingerprint density at radius 3 is 2.44 bits per heavy atom. The number of azide groups is 1. The van der Waals surface area contributed by atoms with Crippen molar-refractivity contribution in [1.82, 2.24) is 5.32 Å². The SMILES string of the molecule is [N-]=[N+]=NCc1ccccc1[C@H]1OC(c2ccc(OCCCO)cc2)=N[C@@]1(Cc1ccccc1)C(=O)NC(CO)CO. The maximum Gasteiger partial charge on any atom is 0.253 e. The first-order valence-electron chi connectivity index (χ1n) is 13.3. The molecule has 1 heterocycles. The molecule has 3 aromatic rings. The fourth-order valence-corrected chi connectivity index (χ4v) is 4.67. The lowest BCUT2D eigenvalue weighted by Crippen LogP contribution is -2.54. The summed E-state index contributed by atoms with van der Waals surface area (Å²) in [5, 5.41) is 35.0. The van der Waals surface area contributed by atoms with Crippen LogP contribution in [-0.4, -0.2) is 65.1 Å². The van der Waals surface area contributed by atoms with Gasteiger partial charge in [0.15, 0.2) is 11.6 Å². The molecule has 1 amide bonds. The van der Waals surface area contributed by atoms with Crippen molar-refractivity contribution in [1.29, 1.82) is 0 Å². The maximum absolute atomic E-state index is 14.1. The average molecular weight is 560 g/mol. The number of aliphatic hydroxyl groups excluding tert-OH is 3. The molecule has 0 bridgehead atoms. The number of amides is 1. The fourth-order valence-electron chi connectivity index (χ4n) is 4.67. The highest BCUT2D eigenvalue weighted by Gasteiger charge is 2.54. The van der Waals surface area contributed by atoms with Crippen LogP contribution in [0.3, 0.4) is 0 Å². The number of rotatable bonds is 14. The van der Waals surface area contributed by atoms with Crippen LogP contribution < -0.4 is 10.1 Å². The molecule has 41 heavy (non-hydrogen) atoms. The molecule has 214 valence electrons. The Balaban J connectivity index is 1.83. The average Bonchev–Trinajstić information content (AvgIpc) is 3.40. The van der Waals surface area contributed by atoms with Crippen LogP contribution >= 0.6 is 0 Å². The van der Waals surface area contributed by atoms with Crippen LogP contribution in [0.1, 0.15) is 34.8 Å². The Morgan fingerprint density at radius 2 is 1.76 bits per heavy atom. The van der Waals surface area contributed by atoms with Crippen molar-refractivity contribution in [2.45, 2.75) is 37.1 Å². The molecule has 0 unspecified atom stereocenters. The lowest BCUT2D eigenvalue weighted by atomic mass is 9.80. The zero-order chi connectivity index (χ0) is 29.1. The Bertz CT molecular complexity index is 1370. The van der Waals surface area contributed by atoms with Crippen molar-refractivity contribution in [3.05, 3.63) is 112 Å². The molecule has 1 aliphatic rings. The van der Waals surface area contributed by atoms with Crippen molar-refractivity contribution in [2.75, 3.05) is 26.4 Å². The summed E-state index contributed by atoms with van der Waals surface area (Å²) in [5.74, 6) is 0.308. The number of ether oxygens (including phenoxy) is 2. The van der Waals surface area contributed by atoms with Crippen LogP contribution in [0.2, 0.25) is 0 Å². The summed E-state index contributed by atoms with van der Waals surface area (Å²) in [6.45, 7) is -0.479. The first kappa shape index (κ1) is 29.6. The minimum Gasteiger partial charge on any atom is -0.494 e. The van der Waals surface area contributed by atoms with Gasteiger partial charge in [0.2, 0.25) is 5.90 Å². The molecule has 4 rings (SSSR count). The second kappa shape index (κ2) is 14.3. The lowest BCUT2D eigenvalue weighted by Gasteiger charge is -2.33. The highest BCUT2D eigenvalue weighted by Crippen LogP contribution is 2.44. The first-order valence-corrected chi connectivity index (χ1v) is 13.3. The molecule has 3 aromatic carbocycles. The summed E-state index contributed by atoms with van der Waals surface area (Å²) in [4.78, 5) is 22.0. The van der Waals surface area contributed by atoms with E-state index < -0.39 is 36.8 Å². The van der Waals surface area contributed by atoms with E-state index in [9.17, 15) is 15.0 Å². The monoisotopic (exact) mass is 559 g/mol. The van der Waals surface area contributed by atoms with E-state index in [1.54, 1.807) is 30.3 Å². The number of aliphatic hydroxyl groups is 3. The van der Waals surface area contributed by atoms with E-state index in [0.29, 0.717) is 35.5 Å². The minimum absolute atomic E-state index is 0.0320. The molecule has 4 N–H and O–H groups in total. The highest BCUT2D eigenvalue weighted by atomic mass is 16.5. The van der Waals surface area contributed by atoms with Gasteiger partial charge in [-0.05, 0) is 46.5 Å². The molecule has 0 aromatic heterocycles. The van der Waals surface area contributed by atoms with E-state index >= 15 is 0 Å². The van der Waals surface area contributed by atoms with E-state index in [1.165, 1.54) is 0 Å². The first-order chi connectivity index (χ1) is 20.0. The Labute approximate surface area is 237 Å². The predicted molar refractivity (Wildman–Crippen MR) is 152 cm³/mol. The summed E-state index contributed by atoms with van der Waals surface area (Å²) in [6.07, 6.45) is -0.273. The van der Waals surface area contributed by atoms with Crippen LogP contribution in [-0.2, 0) is 22.5 Å². The van der Waals surface area contributed by atoms with Gasteiger partial charge in [-0.1, -0.05) is 59.7 Å². The number of nitrogens with zero attached hydrogens (tertiary/aromatic N) is 4. The molecule has 11 nitrogen and oxygen atoms in total. The molecule has 0 fully saturated rings. The van der Waals surface area contributed by atoms with E-state index in [1.807, 2.05) is 48.5 Å². The molecular weight excluding hydrogens is 526 g/mol. The van der Waals surface area contributed by atoms with Crippen LogP contribution in [0, 0.1) is 0 Å². The second-order valence-corrected chi connectivity index (χ2v) is 9.57. The van der Waals surface area contributed by atoms with Gasteiger partial charge in [0.25, 0.3) is 5.91 Å². The van der Waals surface area contributed by atoms with Gasteiger partial charge in [-0.2, -0.15) is 0 Å². The Morgan fingerprint density at radius 1 is 1.05 bits per heavy atom. The number of carbonyl (C=O) groups excluding carboxylic acids is 1. The van der Waals surface area contributed by atoms with Crippen molar-refractivity contribution < 1.29 is 29.6 Å². The maximum atomic E-state index is 14.1. The Hall–Kier alpha value is -4.41. The summed E-state index contributed by atoms with van der Waals surface area (Å²) in [7, 11) is 0. The minimum atomic E-state index is -1.54. The number of aliphatic imine (C=N–C) groups is 1. The van der Waals surface area contributed by atoms with Crippen LogP contribution in [0.15, 0.2) is 89.0 Å². The zero-order valence-electron chi connectivity index (χ0n) is 22.5. The van der Waals surface area contributed by atoms with E-state index in [4.69, 9.17) is 25.1 Å². The van der Waals surface area contributed by atoms with Crippen molar-refractivity contribution in [3.8, 4) is 5.75 Å². The van der Waals surface area contributed by atoms with Gasteiger partial charge in [-0.3, -0.25) is 4.79 Å². The summed E-state index contributed by atoms with van der Waals surface area (Å²) < 4.78 is 12.1. The molecular formula is C30H33N5O6. The molecule has 0 saturated heterocycles. The zero-order valence-corrected chi connectivity index (χ0v) is 22.5. The standard InChI is InChI=1S/C30H33N5O6/c31-35-32-18-23-9-4-5-10-26(23)27-30(17-21-7-2-1-3-8-21,29(39)33-24(19-37)20-38)34-28(41-27)22-11-13-25(14-12-22)40-16-6-15-36/h1-5,7-14,24,27,36-38H,6,15-20H2,(H,33,39)/t27-,30-/m1/s1. The topological polar surface area (TPSA) is 169 Å². The van der Waals surface area contributed by atoms with Crippen molar-refractivity contribution >= 4 is 11.8 Å². The summed E-state index contributed by atoms with van der Waals surface area (Å²) in [6, 6.07) is 22.8. The number of nitrogens with one attached hydrogen (secondary N) is 1. The molecule has 1 aliphatic heterocycles. The van der Waals surface area contributed by atoms with Gasteiger partial charge < -0.3 is 30.1 Å². The van der Waals surface area contributed by atoms with Gasteiger partial charge in [-0.15, -0.1) is 0 Å². The number of benzene rings is 3. The van der Waals surface area contributed by atoms with Crippen molar-refractivity contribution in [2.24, 2.45) is 10.1 Å². The van der Waals surface area contributed by atoms with Gasteiger partial charge >= 0.3 is 0 Å². The molecule has 0 spiro atoms. The third-order valence-electron chi connectivity index (χ3n) is 6.76. The van der Waals surface area contributed by atoms with Gasteiger partial charge in [-0.25, -0.2) is 4.99 Å². The van der Waals surface area contributed by atoms with E-state index in [2.05, 4.69) is 15.3 Å². The molecule has 0 saturated carbocycles. The molecule has 2 atom stereocenters. The largest absolute Gasteiger partial charge is 0.494 e. The number of hydrogen-bond donors (Lipinski definition) is 4. The Kier molecular flexibility index (Phi) is 10.3. The second-order valence-electron chi connectivity index (χ2n) is 9.57. The van der Waals surface area contributed by atoms with Crippen molar-refractivity contribution in [3.63, 3.8) is 0 Å². The van der Waals surface area contributed by atoms with Crippen LogP contribution in [0.25, 0.3) is 10.4 Å². The molecule has 11 heteroatoms. The lowest BCUT2D eigenvalue weighted by molar-refractivity contribution is -0.130. The smallest absolute Gasteiger partial charge is 0.253 e. The fraction of sp³-hybridized carbons (Fsp3) is 0.333. The number of hydrogen-bond acceptors (Lipinski definition) is 8. The van der Waals surface area contributed by atoms with Gasteiger partial charge in [0.1, 0.15) is 5.75 Å². The predicted octanol–water partition coefficient (Wildman–Crippen LogP) is 3.23. The normalized spacial score (nSPS) is 17.9. The third-order valence-corrected chi connectivity index (χ3v) is 6.76. The van der Waals surface area contributed by atoms with Gasteiger partial charge in [0, 0.05) is 29.9 Å². The quantitative estimate of drug-likeness (QED) is 0.102. The van der Waals surface area contributed by atoms with Crippen LogP contribution in [0.5, 0.6) is 5.75 Å². The summed E-state index contributed by atoms with van der Waals surface area (Å²) in [5.41, 5.74) is 10.2. The van der Waals surface area contributed by atoms with Crippen LogP contribution in [0.4, 0.5) is 0 Å². The third kappa shape index (κ3) is 7.03. The molecule has 0 radical (unpaired) electrons. The highest BCUT2D eigenvalue weighted by molar-refractivity contribution is 6.01. The van der Waals surface area contributed by atoms with Gasteiger partial charge in [0.05, 0.1) is 32.4 Å². The van der Waals surface area contributed by atoms with E-state index in [-0.39, 0.29) is 25.5 Å². The summed E-state index contributed by atoms with van der Waals surface area (Å²) >= 11 is 0.